The van der Waals surface area contributed by atoms with E-state index in [2.05, 4.69) is 32.9 Å². The Labute approximate surface area is 494 Å². The van der Waals surface area contributed by atoms with Crippen LogP contribution in [-0.4, -0.2) is 37.2 Å². The topological polar surface area (TPSA) is 78.9 Å². The van der Waals surface area contributed by atoms with Crippen LogP contribution in [0.1, 0.15) is 419 Å². The highest BCUT2D eigenvalue weighted by Crippen LogP contribution is 2.19. The molecular formula is C73H140O6. The second kappa shape index (κ2) is 68.6. The van der Waals surface area contributed by atoms with Gasteiger partial charge in [0.2, 0.25) is 0 Å². The van der Waals surface area contributed by atoms with E-state index in [4.69, 9.17) is 14.2 Å². The summed E-state index contributed by atoms with van der Waals surface area (Å²) in [6.45, 7) is 6.72. The van der Waals surface area contributed by atoms with Gasteiger partial charge >= 0.3 is 17.9 Å². The van der Waals surface area contributed by atoms with Gasteiger partial charge in [-0.1, -0.05) is 367 Å². The molecule has 0 aromatic heterocycles. The molecule has 0 fully saturated rings. The summed E-state index contributed by atoms with van der Waals surface area (Å²) in [7, 11) is 0. The predicted octanol–water partition coefficient (Wildman–Crippen LogP) is 24.8. The van der Waals surface area contributed by atoms with E-state index < -0.39 is 6.10 Å². The van der Waals surface area contributed by atoms with Gasteiger partial charge in [0.05, 0.1) is 0 Å². The van der Waals surface area contributed by atoms with Crippen LogP contribution in [0.15, 0.2) is 12.2 Å². The van der Waals surface area contributed by atoms with Crippen LogP contribution in [0, 0.1) is 0 Å². The molecule has 0 aromatic carbocycles. The van der Waals surface area contributed by atoms with Crippen molar-refractivity contribution in [3.05, 3.63) is 12.2 Å². The summed E-state index contributed by atoms with van der Waals surface area (Å²) in [5.74, 6) is -0.827. The maximum absolute atomic E-state index is 12.9. The Morgan fingerprint density at radius 2 is 0.418 bits per heavy atom. The van der Waals surface area contributed by atoms with Gasteiger partial charge in [0.15, 0.2) is 6.10 Å². The quantitative estimate of drug-likeness (QED) is 0.0261. The zero-order valence-electron chi connectivity index (χ0n) is 53.9. The summed E-state index contributed by atoms with van der Waals surface area (Å²) in [4.78, 5) is 38.4. The molecule has 79 heavy (non-hydrogen) atoms. The van der Waals surface area contributed by atoms with E-state index in [0.29, 0.717) is 19.3 Å². The molecule has 0 amide bonds. The smallest absolute Gasteiger partial charge is 0.306 e. The van der Waals surface area contributed by atoms with Crippen LogP contribution in [0.5, 0.6) is 0 Å². The Hall–Kier alpha value is -1.85. The summed E-state index contributed by atoms with van der Waals surface area (Å²) in [6.07, 6.45) is 82.6. The number of rotatable bonds is 68. The number of unbranched alkanes of at least 4 members (excludes halogenated alkanes) is 55. The van der Waals surface area contributed by atoms with Crippen LogP contribution >= 0.6 is 0 Å². The number of allylic oxidation sites excluding steroid dienone is 2. The van der Waals surface area contributed by atoms with Gasteiger partial charge in [0.1, 0.15) is 13.2 Å². The first-order chi connectivity index (χ1) is 39.0. The molecule has 1 atom stereocenters. The van der Waals surface area contributed by atoms with E-state index in [1.54, 1.807) is 0 Å². The third-order valence-electron chi connectivity index (χ3n) is 16.8. The van der Waals surface area contributed by atoms with Crippen molar-refractivity contribution in [3.63, 3.8) is 0 Å². The lowest BCUT2D eigenvalue weighted by Gasteiger charge is -2.18. The van der Waals surface area contributed by atoms with Gasteiger partial charge in [0, 0.05) is 19.3 Å². The van der Waals surface area contributed by atoms with Crippen molar-refractivity contribution in [2.45, 2.75) is 425 Å². The fourth-order valence-corrected chi connectivity index (χ4v) is 11.3. The SMILES string of the molecule is CCCCCCCCCC/C=C\CCCCCCCCCCCCCCCCCCCC(=O)OCC(COC(=O)CCCCCCCCCCCCC)OC(=O)CCCCCCCCCCCCCCCCCCCCCCC. The standard InChI is InChI=1S/C73H140O6/c1-4-7-10-13-16-19-22-24-26-28-30-32-33-34-35-36-37-38-39-41-42-44-46-48-51-54-57-60-63-66-72(75)78-69-70(68-77-71(74)65-62-59-56-53-50-21-18-15-12-9-6-3)79-73(76)67-64-61-58-55-52-49-47-45-43-40-31-29-27-25-23-20-17-14-11-8-5-2/h28,30,70H,4-27,29,31-69H2,1-3H3/b30-28-. The Morgan fingerprint density at radius 3 is 0.633 bits per heavy atom. The molecule has 0 aliphatic carbocycles. The largest absolute Gasteiger partial charge is 0.462 e. The molecule has 0 rings (SSSR count). The van der Waals surface area contributed by atoms with Gasteiger partial charge in [-0.05, 0) is 44.9 Å². The van der Waals surface area contributed by atoms with E-state index in [1.807, 2.05) is 0 Å². The van der Waals surface area contributed by atoms with Crippen molar-refractivity contribution in [2.75, 3.05) is 13.2 Å². The van der Waals surface area contributed by atoms with E-state index in [9.17, 15) is 14.4 Å². The molecule has 0 saturated heterocycles. The Balaban J connectivity index is 4.11. The molecule has 0 aromatic rings. The molecule has 6 heteroatoms. The molecule has 6 nitrogen and oxygen atoms in total. The van der Waals surface area contributed by atoms with Gasteiger partial charge in [-0.3, -0.25) is 14.4 Å². The second-order valence-corrected chi connectivity index (χ2v) is 24.9. The number of carbonyl (C=O) groups excluding carboxylic acids is 3. The molecule has 0 spiro atoms. The molecule has 468 valence electrons. The van der Waals surface area contributed by atoms with E-state index >= 15 is 0 Å². The Kier molecular flexibility index (Phi) is 67.0. The minimum atomic E-state index is -0.764. The molecule has 0 bridgehead atoms. The predicted molar refractivity (Wildman–Crippen MR) is 344 cm³/mol. The molecule has 0 radical (unpaired) electrons. The number of ether oxygens (including phenoxy) is 3. The lowest BCUT2D eigenvalue weighted by Crippen LogP contribution is -2.30. The van der Waals surface area contributed by atoms with Gasteiger partial charge in [-0.15, -0.1) is 0 Å². The molecule has 0 heterocycles. The molecule has 0 saturated carbocycles. The maximum Gasteiger partial charge on any atom is 0.306 e. The van der Waals surface area contributed by atoms with Gasteiger partial charge in [-0.2, -0.15) is 0 Å². The summed E-state index contributed by atoms with van der Waals surface area (Å²) in [5.41, 5.74) is 0. The van der Waals surface area contributed by atoms with Crippen LogP contribution in [-0.2, 0) is 28.6 Å². The van der Waals surface area contributed by atoms with Crippen LogP contribution in [0.4, 0.5) is 0 Å². The fraction of sp³-hybridized carbons (Fsp3) is 0.932. The van der Waals surface area contributed by atoms with Crippen molar-refractivity contribution < 1.29 is 28.6 Å². The molecule has 0 aliphatic heterocycles. The summed E-state index contributed by atoms with van der Waals surface area (Å²) < 4.78 is 17.0. The third-order valence-corrected chi connectivity index (χ3v) is 16.8. The van der Waals surface area contributed by atoms with Gasteiger partial charge in [0.25, 0.3) is 0 Å². The van der Waals surface area contributed by atoms with E-state index in [1.165, 1.54) is 321 Å². The van der Waals surface area contributed by atoms with E-state index in [0.717, 1.165) is 57.8 Å². The van der Waals surface area contributed by atoms with Crippen molar-refractivity contribution in [3.8, 4) is 0 Å². The van der Waals surface area contributed by atoms with Crippen LogP contribution < -0.4 is 0 Å². The molecule has 1 unspecified atom stereocenters. The van der Waals surface area contributed by atoms with E-state index in [-0.39, 0.29) is 31.1 Å². The third kappa shape index (κ3) is 66.8. The minimum absolute atomic E-state index is 0.0622. The zero-order chi connectivity index (χ0) is 57.1. The fourth-order valence-electron chi connectivity index (χ4n) is 11.3. The van der Waals surface area contributed by atoms with Gasteiger partial charge in [-0.25, -0.2) is 0 Å². The number of carbonyl (C=O) groups is 3. The Bertz CT molecular complexity index is 1230. The summed E-state index contributed by atoms with van der Waals surface area (Å²) >= 11 is 0. The first-order valence-corrected chi connectivity index (χ1v) is 36.2. The van der Waals surface area contributed by atoms with Crippen molar-refractivity contribution in [1.82, 2.24) is 0 Å². The minimum Gasteiger partial charge on any atom is -0.462 e. The average Bonchev–Trinajstić information content (AvgIpc) is 3.45. The van der Waals surface area contributed by atoms with Crippen LogP contribution in [0.3, 0.4) is 0 Å². The zero-order valence-corrected chi connectivity index (χ0v) is 53.9. The number of esters is 3. The number of hydrogen-bond donors (Lipinski definition) is 0. The van der Waals surface area contributed by atoms with Crippen LogP contribution in [0.25, 0.3) is 0 Å². The average molecular weight is 1110 g/mol. The number of hydrogen-bond acceptors (Lipinski definition) is 6. The highest BCUT2D eigenvalue weighted by molar-refractivity contribution is 5.71. The first-order valence-electron chi connectivity index (χ1n) is 36.2. The summed E-state index contributed by atoms with van der Waals surface area (Å²) in [5, 5.41) is 0. The summed E-state index contributed by atoms with van der Waals surface area (Å²) in [6, 6.07) is 0. The first kappa shape index (κ1) is 77.2. The monoisotopic (exact) mass is 1110 g/mol. The van der Waals surface area contributed by atoms with Crippen molar-refractivity contribution >= 4 is 17.9 Å². The lowest BCUT2D eigenvalue weighted by atomic mass is 10.0. The van der Waals surface area contributed by atoms with Crippen LogP contribution in [0.2, 0.25) is 0 Å². The molecule has 0 N–H and O–H groups in total. The molecular weight excluding hydrogens is 973 g/mol. The van der Waals surface area contributed by atoms with Crippen molar-refractivity contribution in [1.29, 1.82) is 0 Å². The maximum atomic E-state index is 12.9. The lowest BCUT2D eigenvalue weighted by molar-refractivity contribution is -0.167. The highest BCUT2D eigenvalue weighted by Gasteiger charge is 2.19. The van der Waals surface area contributed by atoms with Crippen molar-refractivity contribution in [2.24, 2.45) is 0 Å². The highest BCUT2D eigenvalue weighted by atomic mass is 16.6. The molecule has 0 aliphatic rings. The second-order valence-electron chi connectivity index (χ2n) is 24.9. The normalized spacial score (nSPS) is 12.0. The Morgan fingerprint density at radius 1 is 0.241 bits per heavy atom. The van der Waals surface area contributed by atoms with Gasteiger partial charge < -0.3 is 14.2 Å².